The van der Waals surface area contributed by atoms with Crippen molar-refractivity contribution in [3.63, 3.8) is 0 Å². The van der Waals surface area contributed by atoms with E-state index in [1.54, 1.807) is 4.90 Å². The van der Waals surface area contributed by atoms with Gasteiger partial charge in [0, 0.05) is 31.9 Å². The number of rotatable bonds is 4. The maximum atomic E-state index is 12.3. The van der Waals surface area contributed by atoms with Crippen molar-refractivity contribution in [3.05, 3.63) is 29.8 Å². The number of benzene rings is 1. The summed E-state index contributed by atoms with van der Waals surface area (Å²) >= 11 is 0. The molecule has 0 aliphatic carbocycles. The summed E-state index contributed by atoms with van der Waals surface area (Å²) in [4.78, 5) is 38.3. The Hall–Kier alpha value is -2.37. The summed E-state index contributed by atoms with van der Waals surface area (Å²) in [7, 11) is 0. The van der Waals surface area contributed by atoms with Crippen molar-refractivity contribution >= 4 is 23.9 Å². The van der Waals surface area contributed by atoms with Crippen molar-refractivity contribution < 1.29 is 14.4 Å². The Morgan fingerprint density at radius 3 is 2.48 bits per heavy atom. The van der Waals surface area contributed by atoms with Crippen LogP contribution in [0.1, 0.15) is 31.7 Å². The zero-order valence-electron chi connectivity index (χ0n) is 13.6. The Bertz CT molecular complexity index is 580. The number of carbonyl (C=O) groups is 3. The fourth-order valence-corrected chi connectivity index (χ4v) is 2.61. The number of nitrogens with zero attached hydrogens (tertiary/aromatic N) is 2. The standard InChI is InChI=1S/C17H23N3O3/c1-3-13(2)14-6-4-5-7-15(14)18-16(22)17(23)20-10-8-19(12-21)9-11-20/h4-7,12-13H,3,8-11H2,1-2H3,(H,18,22). The van der Waals surface area contributed by atoms with Gasteiger partial charge < -0.3 is 15.1 Å². The number of amides is 3. The first kappa shape index (κ1) is 17.0. The molecule has 0 bridgehead atoms. The molecule has 1 fully saturated rings. The van der Waals surface area contributed by atoms with Gasteiger partial charge in [0.2, 0.25) is 6.41 Å². The van der Waals surface area contributed by atoms with Crippen LogP contribution in [0, 0.1) is 0 Å². The Balaban J connectivity index is 2.02. The number of para-hydroxylation sites is 1. The monoisotopic (exact) mass is 317 g/mol. The minimum absolute atomic E-state index is 0.303. The number of carbonyl (C=O) groups excluding carboxylic acids is 3. The average molecular weight is 317 g/mol. The molecule has 1 saturated heterocycles. The fourth-order valence-electron chi connectivity index (χ4n) is 2.61. The summed E-state index contributed by atoms with van der Waals surface area (Å²) in [5.41, 5.74) is 1.72. The van der Waals surface area contributed by atoms with E-state index in [4.69, 9.17) is 0 Å². The summed E-state index contributed by atoms with van der Waals surface area (Å²) in [6.07, 6.45) is 1.72. The molecular weight excluding hydrogens is 294 g/mol. The van der Waals surface area contributed by atoms with Crippen LogP contribution in [0.2, 0.25) is 0 Å². The minimum atomic E-state index is -0.625. The predicted molar refractivity (Wildman–Crippen MR) is 88.0 cm³/mol. The molecule has 124 valence electrons. The van der Waals surface area contributed by atoms with Gasteiger partial charge in [0.15, 0.2) is 0 Å². The minimum Gasteiger partial charge on any atom is -0.342 e. The highest BCUT2D eigenvalue weighted by molar-refractivity contribution is 6.39. The van der Waals surface area contributed by atoms with Crippen LogP contribution >= 0.6 is 0 Å². The molecule has 2 rings (SSSR count). The number of anilines is 1. The lowest BCUT2D eigenvalue weighted by atomic mass is 9.97. The van der Waals surface area contributed by atoms with Gasteiger partial charge in [-0.1, -0.05) is 32.0 Å². The van der Waals surface area contributed by atoms with E-state index in [0.717, 1.165) is 18.4 Å². The van der Waals surface area contributed by atoms with Crippen molar-refractivity contribution in [2.45, 2.75) is 26.2 Å². The van der Waals surface area contributed by atoms with Crippen LogP contribution in [0.3, 0.4) is 0 Å². The van der Waals surface area contributed by atoms with Crippen molar-refractivity contribution in [3.8, 4) is 0 Å². The van der Waals surface area contributed by atoms with Crippen LogP contribution in [-0.2, 0) is 14.4 Å². The second-order valence-corrected chi connectivity index (χ2v) is 5.78. The van der Waals surface area contributed by atoms with E-state index in [1.165, 1.54) is 4.90 Å². The van der Waals surface area contributed by atoms with Crippen LogP contribution in [-0.4, -0.2) is 54.2 Å². The van der Waals surface area contributed by atoms with Gasteiger partial charge in [0.25, 0.3) is 0 Å². The van der Waals surface area contributed by atoms with E-state index in [9.17, 15) is 14.4 Å². The highest BCUT2D eigenvalue weighted by Crippen LogP contribution is 2.26. The topological polar surface area (TPSA) is 69.7 Å². The third-order valence-corrected chi connectivity index (χ3v) is 4.30. The second-order valence-electron chi connectivity index (χ2n) is 5.78. The van der Waals surface area contributed by atoms with E-state index in [-0.39, 0.29) is 0 Å². The van der Waals surface area contributed by atoms with Gasteiger partial charge in [-0.2, -0.15) is 0 Å². The molecule has 1 N–H and O–H groups in total. The molecule has 6 heteroatoms. The highest BCUT2D eigenvalue weighted by Gasteiger charge is 2.26. The third kappa shape index (κ3) is 4.09. The van der Waals surface area contributed by atoms with Gasteiger partial charge in [-0.3, -0.25) is 14.4 Å². The lowest BCUT2D eigenvalue weighted by molar-refractivity contribution is -0.144. The molecule has 1 aromatic rings. The summed E-state index contributed by atoms with van der Waals surface area (Å²) in [6, 6.07) is 7.56. The second kappa shape index (κ2) is 7.76. The third-order valence-electron chi connectivity index (χ3n) is 4.30. The smallest absolute Gasteiger partial charge is 0.313 e. The van der Waals surface area contributed by atoms with Crippen LogP contribution in [0.4, 0.5) is 5.69 Å². The average Bonchev–Trinajstić information content (AvgIpc) is 2.61. The van der Waals surface area contributed by atoms with E-state index in [2.05, 4.69) is 19.2 Å². The maximum Gasteiger partial charge on any atom is 0.313 e. The molecule has 1 unspecified atom stereocenters. The molecule has 1 heterocycles. The fraction of sp³-hybridized carbons (Fsp3) is 0.471. The summed E-state index contributed by atoms with van der Waals surface area (Å²) in [5.74, 6) is -0.868. The molecule has 0 radical (unpaired) electrons. The first-order chi connectivity index (χ1) is 11.1. The highest BCUT2D eigenvalue weighted by atomic mass is 16.2. The van der Waals surface area contributed by atoms with Crippen LogP contribution in [0.15, 0.2) is 24.3 Å². The van der Waals surface area contributed by atoms with Gasteiger partial charge in [-0.15, -0.1) is 0 Å². The number of hydrogen-bond donors (Lipinski definition) is 1. The van der Waals surface area contributed by atoms with Gasteiger partial charge in [-0.25, -0.2) is 0 Å². The molecular formula is C17H23N3O3. The SMILES string of the molecule is CCC(C)c1ccccc1NC(=O)C(=O)N1CCN(C=O)CC1. The molecule has 0 saturated carbocycles. The molecule has 3 amide bonds. The largest absolute Gasteiger partial charge is 0.342 e. The molecule has 0 spiro atoms. The van der Waals surface area contributed by atoms with Crippen molar-refractivity contribution in [2.75, 3.05) is 31.5 Å². The van der Waals surface area contributed by atoms with E-state index in [0.29, 0.717) is 37.8 Å². The van der Waals surface area contributed by atoms with E-state index in [1.807, 2.05) is 24.3 Å². The number of piperazine rings is 1. The lowest BCUT2D eigenvalue weighted by Gasteiger charge is -2.32. The molecule has 0 aromatic heterocycles. The van der Waals surface area contributed by atoms with Gasteiger partial charge in [-0.05, 0) is 24.0 Å². The molecule has 1 aliphatic rings. The van der Waals surface area contributed by atoms with Gasteiger partial charge in [0.05, 0.1) is 0 Å². The van der Waals surface area contributed by atoms with Crippen molar-refractivity contribution in [1.82, 2.24) is 9.80 Å². The van der Waals surface area contributed by atoms with E-state index < -0.39 is 11.8 Å². The lowest BCUT2D eigenvalue weighted by Crippen LogP contribution is -2.51. The van der Waals surface area contributed by atoms with Gasteiger partial charge >= 0.3 is 11.8 Å². The molecule has 6 nitrogen and oxygen atoms in total. The van der Waals surface area contributed by atoms with Crippen molar-refractivity contribution in [1.29, 1.82) is 0 Å². The van der Waals surface area contributed by atoms with Gasteiger partial charge in [0.1, 0.15) is 0 Å². The van der Waals surface area contributed by atoms with Crippen LogP contribution in [0.25, 0.3) is 0 Å². The molecule has 23 heavy (non-hydrogen) atoms. The quantitative estimate of drug-likeness (QED) is 0.675. The Morgan fingerprint density at radius 2 is 1.87 bits per heavy atom. The molecule has 1 atom stereocenters. The molecule has 1 aromatic carbocycles. The number of hydrogen-bond acceptors (Lipinski definition) is 3. The van der Waals surface area contributed by atoms with Crippen LogP contribution < -0.4 is 5.32 Å². The zero-order valence-corrected chi connectivity index (χ0v) is 13.6. The Labute approximate surface area is 136 Å². The normalized spacial score (nSPS) is 15.9. The Morgan fingerprint density at radius 1 is 1.22 bits per heavy atom. The van der Waals surface area contributed by atoms with Crippen LogP contribution in [0.5, 0.6) is 0 Å². The Kier molecular flexibility index (Phi) is 5.73. The zero-order chi connectivity index (χ0) is 16.8. The van der Waals surface area contributed by atoms with E-state index >= 15 is 0 Å². The predicted octanol–water partition coefficient (Wildman–Crippen LogP) is 1.44. The first-order valence-electron chi connectivity index (χ1n) is 7.95. The molecule has 1 aliphatic heterocycles. The maximum absolute atomic E-state index is 12.3. The number of nitrogens with one attached hydrogen (secondary N) is 1. The first-order valence-corrected chi connectivity index (χ1v) is 7.95. The summed E-state index contributed by atoms with van der Waals surface area (Å²) in [5, 5.41) is 2.73. The summed E-state index contributed by atoms with van der Waals surface area (Å²) < 4.78 is 0. The van der Waals surface area contributed by atoms with Crippen molar-refractivity contribution in [2.24, 2.45) is 0 Å². The summed E-state index contributed by atoms with van der Waals surface area (Å²) in [6.45, 7) is 5.88.